The first-order chi connectivity index (χ1) is 11.6. The van der Waals surface area contributed by atoms with Gasteiger partial charge in [-0.1, -0.05) is 11.6 Å². The van der Waals surface area contributed by atoms with Gasteiger partial charge >= 0.3 is 6.03 Å². The molecule has 128 valence electrons. The second kappa shape index (κ2) is 8.00. The molecule has 2 aromatic rings. The molecular weight excluding hydrogens is 366 g/mol. The number of hydrogen-bond donors (Lipinski definition) is 2. The summed E-state index contributed by atoms with van der Waals surface area (Å²) in [6, 6.07) is 5.50. The van der Waals surface area contributed by atoms with Gasteiger partial charge < -0.3 is 15.5 Å². The zero-order chi connectivity index (χ0) is 16.9. The molecule has 0 saturated carbocycles. The maximum absolute atomic E-state index is 12.2. The van der Waals surface area contributed by atoms with Crippen molar-refractivity contribution >= 4 is 46.2 Å². The third-order valence-electron chi connectivity index (χ3n) is 3.84. The van der Waals surface area contributed by atoms with Crippen LogP contribution in [0.15, 0.2) is 23.6 Å². The highest BCUT2D eigenvalue weighted by Gasteiger charge is 2.21. The van der Waals surface area contributed by atoms with Gasteiger partial charge in [-0.05, 0) is 35.6 Å². The fraction of sp³-hybridized carbons (Fsp3) is 0.375. The summed E-state index contributed by atoms with van der Waals surface area (Å²) in [4.78, 5) is 28.2. The highest BCUT2D eigenvalue weighted by Crippen LogP contribution is 2.24. The van der Waals surface area contributed by atoms with Crippen molar-refractivity contribution < 1.29 is 9.59 Å². The van der Waals surface area contributed by atoms with E-state index in [1.165, 1.54) is 21.8 Å². The molecule has 24 heavy (non-hydrogen) atoms. The van der Waals surface area contributed by atoms with Crippen LogP contribution in [0.3, 0.4) is 0 Å². The van der Waals surface area contributed by atoms with E-state index < -0.39 is 0 Å². The molecule has 0 fully saturated rings. The second-order valence-corrected chi connectivity index (χ2v) is 8.30. The van der Waals surface area contributed by atoms with Crippen molar-refractivity contribution in [2.75, 3.05) is 13.1 Å². The number of amides is 3. The zero-order valence-corrected chi connectivity index (χ0v) is 15.4. The van der Waals surface area contributed by atoms with Gasteiger partial charge in [0.2, 0.25) is 5.91 Å². The van der Waals surface area contributed by atoms with Crippen LogP contribution >= 0.6 is 34.3 Å². The van der Waals surface area contributed by atoms with Crippen LogP contribution in [-0.2, 0) is 24.3 Å². The molecular formula is C16H18ClN3O2S2. The average molecular weight is 384 g/mol. The molecule has 0 aliphatic carbocycles. The molecule has 0 spiro atoms. The fourth-order valence-corrected chi connectivity index (χ4v) is 4.50. The van der Waals surface area contributed by atoms with Crippen LogP contribution in [0.2, 0.25) is 4.34 Å². The summed E-state index contributed by atoms with van der Waals surface area (Å²) in [5, 5.41) is 7.55. The van der Waals surface area contributed by atoms with E-state index >= 15 is 0 Å². The van der Waals surface area contributed by atoms with Crippen molar-refractivity contribution in [2.45, 2.75) is 25.9 Å². The molecule has 2 aromatic heterocycles. The molecule has 3 rings (SSSR count). The number of carbonyl (C=O) groups is 2. The predicted octanol–water partition coefficient (Wildman–Crippen LogP) is 3.24. The van der Waals surface area contributed by atoms with Gasteiger partial charge in [-0.25, -0.2) is 4.79 Å². The van der Waals surface area contributed by atoms with Crippen LogP contribution in [0.25, 0.3) is 0 Å². The molecule has 3 heterocycles. The number of urea groups is 1. The maximum atomic E-state index is 12.2. The average Bonchev–Trinajstić information content (AvgIpc) is 3.20. The van der Waals surface area contributed by atoms with Gasteiger partial charge in [0.25, 0.3) is 0 Å². The van der Waals surface area contributed by atoms with E-state index in [2.05, 4.69) is 22.1 Å². The molecule has 3 amide bonds. The minimum absolute atomic E-state index is 0.0807. The molecule has 5 nitrogen and oxygen atoms in total. The molecule has 0 saturated heterocycles. The lowest BCUT2D eigenvalue weighted by Crippen LogP contribution is -2.39. The summed E-state index contributed by atoms with van der Waals surface area (Å²) < 4.78 is 0.702. The smallest absolute Gasteiger partial charge is 0.315 e. The van der Waals surface area contributed by atoms with Crippen molar-refractivity contribution in [3.8, 4) is 0 Å². The van der Waals surface area contributed by atoms with E-state index in [0.717, 1.165) is 17.8 Å². The Hall–Kier alpha value is -1.57. The Kier molecular flexibility index (Phi) is 5.76. The van der Waals surface area contributed by atoms with Crippen LogP contribution in [0, 0.1) is 0 Å². The highest BCUT2D eigenvalue weighted by molar-refractivity contribution is 7.16. The predicted molar refractivity (Wildman–Crippen MR) is 97.6 cm³/mol. The largest absolute Gasteiger partial charge is 0.338 e. The quantitative estimate of drug-likeness (QED) is 0.832. The molecule has 0 radical (unpaired) electrons. The van der Waals surface area contributed by atoms with Gasteiger partial charge in [0.15, 0.2) is 0 Å². The second-order valence-electron chi connectivity index (χ2n) is 5.50. The van der Waals surface area contributed by atoms with Gasteiger partial charge in [0.1, 0.15) is 0 Å². The summed E-state index contributed by atoms with van der Waals surface area (Å²) >= 11 is 9.03. The molecule has 0 bridgehead atoms. The first kappa shape index (κ1) is 17.3. The Morgan fingerprint density at radius 2 is 2.12 bits per heavy atom. The number of rotatable bonds is 5. The van der Waals surface area contributed by atoms with E-state index in [1.54, 1.807) is 17.4 Å². The monoisotopic (exact) mass is 383 g/mol. The molecule has 1 aliphatic heterocycles. The summed E-state index contributed by atoms with van der Waals surface area (Å²) in [5.74, 6) is 0.0807. The molecule has 0 aromatic carbocycles. The van der Waals surface area contributed by atoms with E-state index in [1.807, 2.05) is 11.0 Å². The molecule has 0 unspecified atom stereocenters. The van der Waals surface area contributed by atoms with E-state index in [0.29, 0.717) is 30.4 Å². The summed E-state index contributed by atoms with van der Waals surface area (Å²) in [5.41, 5.74) is 1.25. The normalized spacial score (nSPS) is 13.5. The van der Waals surface area contributed by atoms with Gasteiger partial charge in [-0.2, -0.15) is 0 Å². The Balaban J connectivity index is 1.35. The lowest BCUT2D eigenvalue weighted by molar-refractivity contribution is -0.131. The van der Waals surface area contributed by atoms with Gasteiger partial charge in [-0.3, -0.25) is 4.79 Å². The number of nitrogens with zero attached hydrogens (tertiary/aromatic N) is 1. The SMILES string of the molecule is O=C(NCCC(=O)N1CCc2sccc2C1)NCc1ccc(Cl)s1. The maximum Gasteiger partial charge on any atom is 0.315 e. The number of halogens is 1. The van der Waals surface area contributed by atoms with Crippen LogP contribution in [0.4, 0.5) is 4.79 Å². The molecule has 0 atom stereocenters. The van der Waals surface area contributed by atoms with Crippen LogP contribution in [0.1, 0.15) is 21.7 Å². The zero-order valence-electron chi connectivity index (χ0n) is 13.0. The summed E-state index contributed by atoms with van der Waals surface area (Å²) in [6.45, 7) is 2.22. The Bertz CT molecular complexity index is 728. The van der Waals surface area contributed by atoms with Crippen molar-refractivity contribution in [3.05, 3.63) is 43.2 Å². The Morgan fingerprint density at radius 1 is 1.25 bits per heavy atom. The summed E-state index contributed by atoms with van der Waals surface area (Å²) in [7, 11) is 0. The van der Waals surface area contributed by atoms with E-state index in [-0.39, 0.29) is 11.9 Å². The van der Waals surface area contributed by atoms with E-state index in [9.17, 15) is 9.59 Å². The first-order valence-corrected chi connectivity index (χ1v) is 9.78. The standard InChI is InChI=1S/C16H18ClN3O2S2/c17-14-2-1-12(24-14)9-19-16(22)18-6-3-15(21)20-7-4-13-11(10-20)5-8-23-13/h1-2,5,8H,3-4,6-7,9-10H2,(H2,18,19,22). The molecule has 1 aliphatic rings. The number of fused-ring (bicyclic) bond motifs is 1. The number of nitrogens with one attached hydrogen (secondary N) is 2. The highest BCUT2D eigenvalue weighted by atomic mass is 35.5. The molecule has 8 heteroatoms. The minimum atomic E-state index is -0.272. The Labute approximate surface area is 153 Å². The van der Waals surface area contributed by atoms with Crippen molar-refractivity contribution in [3.63, 3.8) is 0 Å². The van der Waals surface area contributed by atoms with Crippen LogP contribution in [0.5, 0.6) is 0 Å². The van der Waals surface area contributed by atoms with Crippen molar-refractivity contribution in [1.82, 2.24) is 15.5 Å². The van der Waals surface area contributed by atoms with Crippen molar-refractivity contribution in [2.24, 2.45) is 0 Å². The number of carbonyl (C=O) groups excluding carboxylic acids is 2. The fourth-order valence-electron chi connectivity index (χ4n) is 2.58. The lowest BCUT2D eigenvalue weighted by Gasteiger charge is -2.27. The van der Waals surface area contributed by atoms with Gasteiger partial charge in [0.05, 0.1) is 10.9 Å². The van der Waals surface area contributed by atoms with Crippen LogP contribution < -0.4 is 10.6 Å². The van der Waals surface area contributed by atoms with Gasteiger partial charge in [0, 0.05) is 35.8 Å². The lowest BCUT2D eigenvalue weighted by atomic mass is 10.1. The van der Waals surface area contributed by atoms with Crippen molar-refractivity contribution in [1.29, 1.82) is 0 Å². The minimum Gasteiger partial charge on any atom is -0.338 e. The van der Waals surface area contributed by atoms with Crippen LogP contribution in [-0.4, -0.2) is 29.9 Å². The third-order valence-corrected chi connectivity index (χ3v) is 6.09. The Morgan fingerprint density at radius 3 is 2.92 bits per heavy atom. The first-order valence-electron chi connectivity index (χ1n) is 7.71. The topological polar surface area (TPSA) is 61.4 Å². The molecule has 2 N–H and O–H groups in total. The number of thiophene rings is 2. The number of hydrogen-bond acceptors (Lipinski definition) is 4. The van der Waals surface area contributed by atoms with Gasteiger partial charge in [-0.15, -0.1) is 22.7 Å². The summed E-state index contributed by atoms with van der Waals surface area (Å²) in [6.07, 6.45) is 1.24. The third kappa shape index (κ3) is 4.49. The van der Waals surface area contributed by atoms with E-state index in [4.69, 9.17) is 11.6 Å².